The van der Waals surface area contributed by atoms with Crippen molar-refractivity contribution in [3.05, 3.63) is 60.3 Å². The highest BCUT2D eigenvalue weighted by Gasteiger charge is 2.37. The molecule has 12 unspecified atom stereocenters. The van der Waals surface area contributed by atoms with Gasteiger partial charge >= 0.3 is 0 Å². The topological polar surface area (TPSA) is 204 Å². The molecule has 12 heteroatoms. The molecule has 53 heavy (non-hydrogen) atoms. The van der Waals surface area contributed by atoms with Crippen molar-refractivity contribution in [2.24, 2.45) is 64.7 Å². The first-order valence-corrected chi connectivity index (χ1v) is 18.7. The lowest BCUT2D eigenvalue weighted by Gasteiger charge is -2.21. The molecular formula is C41H66N6O6. The smallest absolute Gasteiger partial charge is 0.110 e. The van der Waals surface area contributed by atoms with Gasteiger partial charge in [0.2, 0.25) is 0 Å². The van der Waals surface area contributed by atoms with E-state index in [2.05, 4.69) is 47.1 Å². The lowest BCUT2D eigenvalue weighted by atomic mass is 9.95. The number of nitrogens with two attached hydrogens (primary N) is 2. The van der Waals surface area contributed by atoms with Crippen LogP contribution in [0.5, 0.6) is 0 Å². The number of hydrogen-bond donors (Lipinski definition) is 6. The highest BCUT2D eigenvalue weighted by Crippen LogP contribution is 2.45. The van der Waals surface area contributed by atoms with Crippen LogP contribution in [0, 0.1) is 75.9 Å². The Morgan fingerprint density at radius 2 is 1.09 bits per heavy atom. The Kier molecular flexibility index (Phi) is 18.9. The van der Waals surface area contributed by atoms with E-state index in [-0.39, 0.29) is 47.0 Å². The highest BCUT2D eigenvalue weighted by molar-refractivity contribution is 5.12. The number of nitriles is 2. The fourth-order valence-electron chi connectivity index (χ4n) is 8.36. The molecule has 12 nitrogen and oxygen atoms in total. The van der Waals surface area contributed by atoms with Gasteiger partial charge in [-0.15, -0.1) is 0 Å². The fraction of sp³-hybridized carbons (Fsp3) is 0.707. The molecule has 0 radical (unpaired) electrons. The second kappa shape index (κ2) is 22.8. The molecule has 8 N–H and O–H groups in total. The lowest BCUT2D eigenvalue weighted by molar-refractivity contribution is 0.0163. The predicted octanol–water partition coefficient (Wildman–Crippen LogP) is 3.86. The van der Waals surface area contributed by atoms with E-state index >= 15 is 0 Å². The lowest BCUT2D eigenvalue weighted by Crippen LogP contribution is -2.38. The van der Waals surface area contributed by atoms with Crippen molar-refractivity contribution in [1.29, 1.82) is 10.5 Å². The molecule has 6 bridgehead atoms. The Labute approximate surface area is 317 Å². The largest absolute Gasteiger partial charge is 0.389 e. The van der Waals surface area contributed by atoms with Crippen LogP contribution in [0.15, 0.2) is 60.3 Å². The molecule has 1 aliphatic heterocycles. The molecule has 4 fully saturated rings. The van der Waals surface area contributed by atoms with Crippen LogP contribution in [0.3, 0.4) is 0 Å². The first-order chi connectivity index (χ1) is 24.8. The Morgan fingerprint density at radius 3 is 1.40 bits per heavy atom. The molecule has 7 rings (SSSR count). The SMILES string of the molecule is C.C.C1=CC2CC1CC2COCC1CO1.N#CC=C(N)N.N#CC=C(NCC(O)COCC1CC2C=CC1C2)NCC(O)COCC1CC2C=CC1C2. The van der Waals surface area contributed by atoms with Crippen LogP contribution in [0.2, 0.25) is 0 Å². The van der Waals surface area contributed by atoms with Gasteiger partial charge in [0.15, 0.2) is 0 Å². The second-order valence-corrected chi connectivity index (χ2v) is 15.2. The number of nitrogens with zero attached hydrogens (tertiary/aromatic N) is 2. The summed E-state index contributed by atoms with van der Waals surface area (Å²) in [5.74, 6) is 6.90. The number of hydrogen-bond acceptors (Lipinski definition) is 12. The number of nitrogens with one attached hydrogen (secondary N) is 2. The van der Waals surface area contributed by atoms with Crippen LogP contribution >= 0.6 is 0 Å². The van der Waals surface area contributed by atoms with E-state index in [1.807, 2.05) is 6.07 Å². The summed E-state index contributed by atoms with van der Waals surface area (Å²) in [6.45, 7) is 5.11. The molecule has 1 saturated heterocycles. The van der Waals surface area contributed by atoms with Gasteiger partial charge in [0.25, 0.3) is 0 Å². The highest BCUT2D eigenvalue weighted by atomic mass is 16.6. The Morgan fingerprint density at radius 1 is 0.679 bits per heavy atom. The predicted molar refractivity (Wildman–Crippen MR) is 206 cm³/mol. The van der Waals surface area contributed by atoms with Crippen LogP contribution in [-0.4, -0.2) is 87.9 Å². The standard InChI is InChI=1S/C25H37N3O4.C11H16O2.C3H5N3.2CH4/c26-6-5-25(27-11-23(29)15-31-13-21-9-17-1-3-19(21)7-17)28-12-24(30)16-32-14-22-10-18-2-4-20(22)8-18;1-2-9-3-8(1)4-10(9)5-12-6-11-7-13-11;4-2-1-3(5)6;;/h1-5,17-24,27-30H,7-16H2;1-2,8-11H,3-7H2;1H,5-6H2;2*1H4. The van der Waals surface area contributed by atoms with E-state index in [1.54, 1.807) is 6.07 Å². The molecule has 7 aliphatic rings. The third-order valence-electron chi connectivity index (χ3n) is 11.1. The molecule has 6 aliphatic carbocycles. The van der Waals surface area contributed by atoms with Crippen LogP contribution < -0.4 is 22.1 Å². The second-order valence-electron chi connectivity index (χ2n) is 15.2. The Bertz CT molecular complexity index is 1280. The van der Waals surface area contributed by atoms with E-state index in [0.717, 1.165) is 55.5 Å². The third kappa shape index (κ3) is 14.8. The maximum absolute atomic E-state index is 10.2. The minimum Gasteiger partial charge on any atom is -0.389 e. The average molecular weight is 739 g/mol. The normalized spacial score (nSPS) is 32.0. The fourth-order valence-corrected chi connectivity index (χ4v) is 8.36. The van der Waals surface area contributed by atoms with Gasteiger partial charge in [-0.3, -0.25) is 0 Å². The summed E-state index contributed by atoms with van der Waals surface area (Å²) < 4.78 is 22.2. The van der Waals surface area contributed by atoms with Crippen molar-refractivity contribution in [3.63, 3.8) is 0 Å². The quantitative estimate of drug-likeness (QED) is 0.0674. The number of allylic oxidation sites excluding steroid dienone is 8. The Balaban J connectivity index is 0.000000295. The third-order valence-corrected chi connectivity index (χ3v) is 11.1. The number of epoxide rings is 1. The summed E-state index contributed by atoms with van der Waals surface area (Å²) in [5.41, 5.74) is 9.64. The van der Waals surface area contributed by atoms with Crippen molar-refractivity contribution >= 4 is 0 Å². The zero-order valence-corrected chi connectivity index (χ0v) is 29.7. The van der Waals surface area contributed by atoms with E-state index in [1.165, 1.54) is 44.6 Å². The van der Waals surface area contributed by atoms with E-state index in [4.69, 9.17) is 40.9 Å². The molecule has 296 valence electrons. The minimum atomic E-state index is -0.669. The Hall–Kier alpha value is -3.36. The van der Waals surface area contributed by atoms with Crippen molar-refractivity contribution in [2.75, 3.05) is 59.3 Å². The zero-order chi connectivity index (χ0) is 36.0. The van der Waals surface area contributed by atoms with Gasteiger partial charge < -0.3 is 51.3 Å². The molecule has 3 saturated carbocycles. The van der Waals surface area contributed by atoms with E-state index in [9.17, 15) is 10.2 Å². The molecule has 0 aromatic heterocycles. The van der Waals surface area contributed by atoms with Crippen molar-refractivity contribution < 1.29 is 29.2 Å². The van der Waals surface area contributed by atoms with Crippen LogP contribution in [0.4, 0.5) is 0 Å². The monoisotopic (exact) mass is 739 g/mol. The molecular weight excluding hydrogens is 672 g/mol. The summed E-state index contributed by atoms with van der Waals surface area (Å²) in [4.78, 5) is 0. The van der Waals surface area contributed by atoms with Crippen molar-refractivity contribution in [3.8, 4) is 12.1 Å². The van der Waals surface area contributed by atoms with Gasteiger partial charge in [-0.25, -0.2) is 0 Å². The van der Waals surface area contributed by atoms with Gasteiger partial charge in [-0.05, 0) is 91.8 Å². The van der Waals surface area contributed by atoms with Crippen molar-refractivity contribution in [2.45, 2.75) is 71.7 Å². The van der Waals surface area contributed by atoms with Gasteiger partial charge in [0, 0.05) is 13.1 Å². The summed E-state index contributed by atoms with van der Waals surface area (Å²) in [7, 11) is 0. The van der Waals surface area contributed by atoms with Gasteiger partial charge in [0.05, 0.1) is 82.7 Å². The number of aliphatic hydroxyl groups excluding tert-OH is 2. The van der Waals surface area contributed by atoms with Crippen LogP contribution in [-0.2, 0) is 18.9 Å². The van der Waals surface area contributed by atoms with Gasteiger partial charge in [0.1, 0.15) is 17.7 Å². The first-order valence-electron chi connectivity index (χ1n) is 18.7. The maximum atomic E-state index is 10.2. The molecule has 0 amide bonds. The van der Waals surface area contributed by atoms with Crippen molar-refractivity contribution in [1.82, 2.24) is 10.6 Å². The molecule has 12 atom stereocenters. The van der Waals surface area contributed by atoms with Gasteiger partial charge in [-0.2, -0.15) is 10.5 Å². The summed E-state index contributed by atoms with van der Waals surface area (Å²) >= 11 is 0. The van der Waals surface area contributed by atoms with Crippen LogP contribution in [0.1, 0.15) is 53.4 Å². The first kappa shape index (κ1) is 44.0. The number of fused-ring (bicyclic) bond motifs is 6. The summed E-state index contributed by atoms with van der Waals surface area (Å²) in [5, 5.41) is 43.2. The zero-order valence-electron chi connectivity index (χ0n) is 29.7. The molecule has 0 aromatic rings. The van der Waals surface area contributed by atoms with Crippen LogP contribution in [0.25, 0.3) is 0 Å². The number of aliphatic hydroxyl groups is 2. The van der Waals surface area contributed by atoms with E-state index in [0.29, 0.717) is 48.8 Å². The van der Waals surface area contributed by atoms with E-state index < -0.39 is 12.2 Å². The maximum Gasteiger partial charge on any atom is 0.110 e. The molecule has 0 aromatic carbocycles. The minimum absolute atomic E-state index is 0. The van der Waals surface area contributed by atoms with Gasteiger partial charge in [-0.1, -0.05) is 51.3 Å². The summed E-state index contributed by atoms with van der Waals surface area (Å²) in [6, 6.07) is 3.64. The number of rotatable bonds is 18. The number of ether oxygens (including phenoxy) is 4. The average Bonchev–Trinajstić information content (AvgIpc) is 3.75. The summed E-state index contributed by atoms with van der Waals surface area (Å²) in [6.07, 6.45) is 23.1. The molecule has 1 heterocycles. The molecule has 0 spiro atoms.